The fraction of sp³-hybridized carbons (Fsp3) is 0. The van der Waals surface area contributed by atoms with Gasteiger partial charge in [0.05, 0.1) is 5.69 Å². The van der Waals surface area contributed by atoms with E-state index in [4.69, 9.17) is 5.26 Å². The number of nitrogens with zero attached hydrogens (tertiary/aromatic N) is 5. The van der Waals surface area contributed by atoms with E-state index in [-0.39, 0.29) is 0 Å². The Kier molecular flexibility index (Phi) is 2.06. The molecule has 0 aliphatic rings. The van der Waals surface area contributed by atoms with Crippen molar-refractivity contribution in [1.29, 1.82) is 5.26 Å². The zero-order valence-electron chi connectivity index (χ0n) is 8.78. The van der Waals surface area contributed by atoms with Gasteiger partial charge in [-0.05, 0) is 18.2 Å². The summed E-state index contributed by atoms with van der Waals surface area (Å²) in [6.07, 6.45) is 6.75. The van der Waals surface area contributed by atoms with Crippen LogP contribution in [0.4, 0.5) is 0 Å². The van der Waals surface area contributed by atoms with Crippen molar-refractivity contribution in [2.24, 2.45) is 0 Å². The third-order valence-electron chi connectivity index (χ3n) is 2.49. The molecule has 3 aromatic heterocycles. The van der Waals surface area contributed by atoms with Crippen molar-refractivity contribution in [2.45, 2.75) is 0 Å². The van der Waals surface area contributed by atoms with Crippen LogP contribution in [-0.4, -0.2) is 19.4 Å². The van der Waals surface area contributed by atoms with Crippen molar-refractivity contribution in [3.05, 3.63) is 48.8 Å². The minimum absolute atomic E-state index is 0.329. The van der Waals surface area contributed by atoms with E-state index in [0.29, 0.717) is 11.3 Å². The molecule has 0 unspecified atom stereocenters. The van der Waals surface area contributed by atoms with Crippen molar-refractivity contribution in [2.75, 3.05) is 0 Å². The zero-order chi connectivity index (χ0) is 11.7. The van der Waals surface area contributed by atoms with Gasteiger partial charge in [0.1, 0.15) is 12.4 Å². The molecule has 3 rings (SSSR count). The predicted molar refractivity (Wildman–Crippen MR) is 60.9 cm³/mol. The van der Waals surface area contributed by atoms with Crippen molar-refractivity contribution < 1.29 is 0 Å². The molecule has 0 saturated carbocycles. The molecule has 0 saturated heterocycles. The predicted octanol–water partition coefficient (Wildman–Crippen LogP) is 1.66. The molecule has 0 amide bonds. The Morgan fingerprint density at radius 3 is 2.88 bits per heavy atom. The highest BCUT2D eigenvalue weighted by Gasteiger charge is 2.08. The van der Waals surface area contributed by atoms with E-state index >= 15 is 0 Å². The first-order chi connectivity index (χ1) is 8.40. The van der Waals surface area contributed by atoms with E-state index in [0.717, 1.165) is 11.3 Å². The Morgan fingerprint density at radius 2 is 2.12 bits per heavy atom. The first kappa shape index (κ1) is 9.48. The maximum Gasteiger partial charge on any atom is 0.185 e. The van der Waals surface area contributed by atoms with Crippen LogP contribution in [0, 0.1) is 11.3 Å². The molecule has 0 fully saturated rings. The van der Waals surface area contributed by atoms with E-state index < -0.39 is 0 Å². The van der Waals surface area contributed by atoms with Crippen LogP contribution >= 0.6 is 0 Å². The van der Waals surface area contributed by atoms with Crippen molar-refractivity contribution >= 4 is 5.65 Å². The number of fused-ring (bicyclic) bond motifs is 1. The van der Waals surface area contributed by atoms with Gasteiger partial charge in [-0.15, -0.1) is 0 Å². The van der Waals surface area contributed by atoms with Crippen LogP contribution in [0.2, 0.25) is 0 Å². The summed E-state index contributed by atoms with van der Waals surface area (Å²) in [5.41, 5.74) is 2.77. The molecule has 0 aromatic carbocycles. The fourth-order valence-corrected chi connectivity index (χ4v) is 1.73. The van der Waals surface area contributed by atoms with Crippen LogP contribution in [-0.2, 0) is 0 Å². The number of aromatic nitrogens is 4. The van der Waals surface area contributed by atoms with Crippen molar-refractivity contribution in [1.82, 2.24) is 19.4 Å². The topological polar surface area (TPSA) is 66.9 Å². The molecule has 17 heavy (non-hydrogen) atoms. The van der Waals surface area contributed by atoms with E-state index in [1.165, 1.54) is 0 Å². The summed E-state index contributed by atoms with van der Waals surface area (Å²) in [4.78, 5) is 12.3. The van der Waals surface area contributed by atoms with Gasteiger partial charge in [-0.25, -0.2) is 9.97 Å². The molecular formula is C12H7N5. The van der Waals surface area contributed by atoms with Gasteiger partial charge in [-0.2, -0.15) is 5.26 Å². The van der Waals surface area contributed by atoms with Gasteiger partial charge in [0.2, 0.25) is 0 Å². The lowest BCUT2D eigenvalue weighted by molar-refractivity contribution is 1.11. The van der Waals surface area contributed by atoms with Gasteiger partial charge >= 0.3 is 0 Å². The average Bonchev–Trinajstić information content (AvgIpc) is 2.82. The number of hydrogen-bond donors (Lipinski definition) is 0. The van der Waals surface area contributed by atoms with Crippen molar-refractivity contribution in [3.8, 4) is 17.3 Å². The quantitative estimate of drug-likeness (QED) is 0.626. The third-order valence-corrected chi connectivity index (χ3v) is 2.49. The number of imidazole rings is 1. The third kappa shape index (κ3) is 1.43. The molecule has 0 aliphatic heterocycles. The monoisotopic (exact) mass is 221 g/mol. The lowest BCUT2D eigenvalue weighted by Gasteiger charge is -2.03. The fourth-order valence-electron chi connectivity index (χ4n) is 1.73. The zero-order valence-corrected chi connectivity index (χ0v) is 8.78. The Bertz CT molecular complexity index is 709. The van der Waals surface area contributed by atoms with Crippen LogP contribution in [0.3, 0.4) is 0 Å². The smallest absolute Gasteiger partial charge is 0.185 e. The molecule has 0 aliphatic carbocycles. The Balaban J connectivity index is 2.32. The summed E-state index contributed by atoms with van der Waals surface area (Å²) < 4.78 is 1.79. The lowest BCUT2D eigenvalue weighted by atomic mass is 10.2. The molecule has 80 valence electrons. The summed E-state index contributed by atoms with van der Waals surface area (Å²) >= 11 is 0. The van der Waals surface area contributed by atoms with Gasteiger partial charge in [-0.3, -0.25) is 9.38 Å². The summed E-state index contributed by atoms with van der Waals surface area (Å²) in [6, 6.07) is 7.70. The first-order valence-electron chi connectivity index (χ1n) is 5.03. The highest BCUT2D eigenvalue weighted by atomic mass is 15.1. The average molecular weight is 221 g/mol. The molecule has 0 N–H and O–H groups in total. The van der Waals surface area contributed by atoms with Gasteiger partial charge in [-0.1, -0.05) is 0 Å². The maximum atomic E-state index is 8.91. The molecule has 0 atom stereocenters. The first-order valence-corrected chi connectivity index (χ1v) is 5.03. The number of pyridine rings is 1. The van der Waals surface area contributed by atoms with E-state index in [9.17, 15) is 0 Å². The number of nitriles is 1. The van der Waals surface area contributed by atoms with Gasteiger partial charge in [0.25, 0.3) is 0 Å². The highest BCUT2D eigenvalue weighted by Crippen LogP contribution is 2.19. The normalized spacial score (nSPS) is 10.3. The molecule has 3 aromatic rings. The number of hydrogen-bond acceptors (Lipinski definition) is 4. The molecule has 3 heterocycles. The summed E-state index contributed by atoms with van der Waals surface area (Å²) in [5.74, 6) is 0. The van der Waals surface area contributed by atoms with Crippen molar-refractivity contribution in [3.63, 3.8) is 0 Å². The Labute approximate surface area is 97.0 Å². The van der Waals surface area contributed by atoms with E-state index in [1.54, 1.807) is 29.3 Å². The molecule has 5 nitrogen and oxygen atoms in total. The van der Waals surface area contributed by atoms with E-state index in [2.05, 4.69) is 15.0 Å². The van der Waals surface area contributed by atoms with Crippen LogP contribution in [0.5, 0.6) is 0 Å². The Morgan fingerprint density at radius 1 is 1.18 bits per heavy atom. The highest BCUT2D eigenvalue weighted by molar-refractivity contribution is 5.64. The second-order valence-corrected chi connectivity index (χ2v) is 3.47. The number of rotatable bonds is 1. The molecule has 5 heteroatoms. The van der Waals surface area contributed by atoms with Gasteiger partial charge in [0, 0.05) is 24.2 Å². The minimum atomic E-state index is 0.329. The molecule has 0 bridgehead atoms. The maximum absolute atomic E-state index is 8.91. The summed E-state index contributed by atoms with van der Waals surface area (Å²) in [6.45, 7) is 0. The van der Waals surface area contributed by atoms with Crippen LogP contribution < -0.4 is 0 Å². The van der Waals surface area contributed by atoms with Crippen LogP contribution in [0.1, 0.15) is 5.69 Å². The minimum Gasteiger partial charge on any atom is -0.282 e. The van der Waals surface area contributed by atoms with Gasteiger partial charge < -0.3 is 0 Å². The second kappa shape index (κ2) is 3.68. The van der Waals surface area contributed by atoms with Crippen LogP contribution in [0.15, 0.2) is 43.1 Å². The van der Waals surface area contributed by atoms with Crippen LogP contribution in [0.25, 0.3) is 16.9 Å². The molecular weight excluding hydrogens is 214 g/mol. The SMILES string of the molecule is N#Cc1ncn2c(-c3cccnc3)ccnc12. The lowest BCUT2D eigenvalue weighted by Crippen LogP contribution is -1.93. The van der Waals surface area contributed by atoms with E-state index in [1.807, 2.05) is 24.3 Å². The standard InChI is InChI=1S/C12H7N5/c13-6-10-12-15-5-3-11(17(12)8-16-10)9-2-1-4-14-7-9/h1-5,7-8H. The summed E-state index contributed by atoms with van der Waals surface area (Å²) in [7, 11) is 0. The summed E-state index contributed by atoms with van der Waals surface area (Å²) in [5, 5.41) is 8.91. The molecule has 0 spiro atoms. The van der Waals surface area contributed by atoms with Gasteiger partial charge in [0.15, 0.2) is 11.3 Å². The Hall–Kier alpha value is -2.74. The second-order valence-electron chi connectivity index (χ2n) is 3.47. The molecule has 0 radical (unpaired) electrons. The largest absolute Gasteiger partial charge is 0.282 e.